The maximum Gasteiger partial charge on any atom is 0.129 e. The molecule has 0 aliphatic carbocycles. The Bertz CT molecular complexity index is 409. The summed E-state index contributed by atoms with van der Waals surface area (Å²) in [6.45, 7) is 8.39. The van der Waals surface area contributed by atoms with Gasteiger partial charge in [0.05, 0.1) is 6.61 Å². The molecule has 0 aliphatic rings. The van der Waals surface area contributed by atoms with Crippen LogP contribution in [0.15, 0.2) is 18.2 Å². The Balaban J connectivity index is 2.86. The summed E-state index contributed by atoms with van der Waals surface area (Å²) in [4.78, 5) is 2.07. The minimum atomic E-state index is -0.157. The summed E-state index contributed by atoms with van der Waals surface area (Å²) >= 11 is 0. The Morgan fingerprint density at radius 2 is 2.00 bits per heavy atom. The maximum atomic E-state index is 14.1. The highest BCUT2D eigenvalue weighted by atomic mass is 19.1. The molecule has 1 rings (SSSR count). The standard InChI is InChI=1S/C16H27FN2O/c1-12(2)9-18-10-14-15(17)7-6-8-16(14)19(4)13(3)11-20-5/h6-8,12-13,18H,9-11H2,1-5H3. The van der Waals surface area contributed by atoms with Gasteiger partial charge < -0.3 is 15.0 Å². The van der Waals surface area contributed by atoms with E-state index in [1.54, 1.807) is 13.2 Å². The second-order valence-electron chi connectivity index (χ2n) is 5.68. The van der Waals surface area contributed by atoms with E-state index >= 15 is 0 Å². The fourth-order valence-electron chi connectivity index (χ4n) is 2.13. The number of anilines is 1. The summed E-state index contributed by atoms with van der Waals surface area (Å²) in [6, 6.07) is 5.43. The Hall–Kier alpha value is -1.13. The van der Waals surface area contributed by atoms with E-state index in [0.29, 0.717) is 19.1 Å². The highest BCUT2D eigenvalue weighted by molar-refractivity contribution is 5.54. The van der Waals surface area contributed by atoms with Crippen LogP contribution in [0.2, 0.25) is 0 Å². The first-order valence-corrected chi connectivity index (χ1v) is 7.17. The number of hydrogen-bond donors (Lipinski definition) is 1. The Labute approximate surface area is 122 Å². The molecule has 0 saturated heterocycles. The van der Waals surface area contributed by atoms with Gasteiger partial charge in [-0.05, 0) is 31.5 Å². The number of rotatable bonds is 8. The largest absolute Gasteiger partial charge is 0.383 e. The molecule has 3 nitrogen and oxygen atoms in total. The number of benzene rings is 1. The molecule has 1 aromatic carbocycles. The van der Waals surface area contributed by atoms with E-state index in [4.69, 9.17) is 4.74 Å². The van der Waals surface area contributed by atoms with Crippen LogP contribution in [0.5, 0.6) is 0 Å². The monoisotopic (exact) mass is 282 g/mol. The van der Waals surface area contributed by atoms with Crippen molar-refractivity contribution in [3.8, 4) is 0 Å². The van der Waals surface area contributed by atoms with E-state index in [-0.39, 0.29) is 11.9 Å². The predicted octanol–water partition coefficient (Wildman–Crippen LogP) is 3.04. The van der Waals surface area contributed by atoms with Gasteiger partial charge >= 0.3 is 0 Å². The molecular formula is C16H27FN2O. The van der Waals surface area contributed by atoms with Crippen molar-refractivity contribution in [2.45, 2.75) is 33.4 Å². The predicted molar refractivity (Wildman–Crippen MR) is 82.7 cm³/mol. The molecule has 1 atom stereocenters. The van der Waals surface area contributed by atoms with Crippen molar-refractivity contribution >= 4 is 5.69 Å². The number of halogens is 1. The number of nitrogens with zero attached hydrogens (tertiary/aromatic N) is 1. The highest BCUT2D eigenvalue weighted by Gasteiger charge is 2.16. The lowest BCUT2D eigenvalue weighted by molar-refractivity contribution is 0.183. The molecular weight excluding hydrogens is 255 g/mol. The van der Waals surface area contributed by atoms with Gasteiger partial charge in [-0.3, -0.25) is 0 Å². The number of ether oxygens (including phenoxy) is 1. The first-order valence-electron chi connectivity index (χ1n) is 7.17. The third-order valence-electron chi connectivity index (χ3n) is 3.40. The first-order chi connectivity index (χ1) is 9.47. The van der Waals surface area contributed by atoms with Gasteiger partial charge in [0.25, 0.3) is 0 Å². The fraction of sp³-hybridized carbons (Fsp3) is 0.625. The quantitative estimate of drug-likeness (QED) is 0.793. The molecule has 0 spiro atoms. The van der Waals surface area contributed by atoms with E-state index in [2.05, 4.69) is 31.0 Å². The fourth-order valence-corrected chi connectivity index (χ4v) is 2.13. The summed E-state index contributed by atoms with van der Waals surface area (Å²) in [6.07, 6.45) is 0. The first kappa shape index (κ1) is 16.9. The van der Waals surface area contributed by atoms with E-state index in [9.17, 15) is 4.39 Å². The second-order valence-corrected chi connectivity index (χ2v) is 5.68. The molecule has 0 bridgehead atoms. The van der Waals surface area contributed by atoms with Crippen LogP contribution >= 0.6 is 0 Å². The van der Waals surface area contributed by atoms with E-state index in [0.717, 1.165) is 17.8 Å². The van der Waals surface area contributed by atoms with Crippen LogP contribution < -0.4 is 10.2 Å². The van der Waals surface area contributed by atoms with Crippen LogP contribution in [0.1, 0.15) is 26.3 Å². The van der Waals surface area contributed by atoms with Crippen molar-refractivity contribution in [2.24, 2.45) is 5.92 Å². The van der Waals surface area contributed by atoms with Gasteiger partial charge in [-0.15, -0.1) is 0 Å². The molecule has 20 heavy (non-hydrogen) atoms. The van der Waals surface area contributed by atoms with Gasteiger partial charge in [0.1, 0.15) is 5.82 Å². The van der Waals surface area contributed by atoms with Gasteiger partial charge in [0, 0.05) is 38.0 Å². The van der Waals surface area contributed by atoms with Gasteiger partial charge in [-0.2, -0.15) is 0 Å². The lowest BCUT2D eigenvalue weighted by Crippen LogP contribution is -2.34. The molecule has 4 heteroatoms. The number of likely N-dealkylation sites (N-methyl/N-ethyl adjacent to an activating group) is 1. The average Bonchev–Trinajstić information content (AvgIpc) is 2.39. The second kappa shape index (κ2) is 8.22. The zero-order valence-corrected chi connectivity index (χ0v) is 13.2. The maximum absolute atomic E-state index is 14.1. The number of hydrogen-bond acceptors (Lipinski definition) is 3. The number of methoxy groups -OCH3 is 1. The third-order valence-corrected chi connectivity index (χ3v) is 3.40. The SMILES string of the molecule is COCC(C)N(C)c1cccc(F)c1CNCC(C)C. The van der Waals surface area contributed by atoms with Crippen LogP contribution in [0.25, 0.3) is 0 Å². The molecule has 114 valence electrons. The van der Waals surface area contributed by atoms with E-state index in [1.807, 2.05) is 13.1 Å². The van der Waals surface area contributed by atoms with Gasteiger partial charge in [0.15, 0.2) is 0 Å². The number of nitrogens with one attached hydrogen (secondary N) is 1. The van der Waals surface area contributed by atoms with Crippen LogP contribution in [0.4, 0.5) is 10.1 Å². The molecule has 0 heterocycles. The van der Waals surface area contributed by atoms with Crippen molar-refractivity contribution in [1.82, 2.24) is 5.32 Å². The lowest BCUT2D eigenvalue weighted by atomic mass is 10.1. The van der Waals surface area contributed by atoms with E-state index < -0.39 is 0 Å². The smallest absolute Gasteiger partial charge is 0.129 e. The van der Waals surface area contributed by atoms with Gasteiger partial charge in [-0.1, -0.05) is 19.9 Å². The van der Waals surface area contributed by atoms with Gasteiger partial charge in [-0.25, -0.2) is 4.39 Å². The van der Waals surface area contributed by atoms with Crippen LogP contribution in [-0.4, -0.2) is 33.4 Å². The summed E-state index contributed by atoms with van der Waals surface area (Å²) in [7, 11) is 3.66. The van der Waals surface area contributed by atoms with Crippen LogP contribution in [-0.2, 0) is 11.3 Å². The molecule has 0 fully saturated rings. The minimum Gasteiger partial charge on any atom is -0.383 e. The van der Waals surface area contributed by atoms with Crippen molar-refractivity contribution < 1.29 is 9.13 Å². The summed E-state index contributed by atoms with van der Waals surface area (Å²) in [5.41, 5.74) is 1.64. The van der Waals surface area contributed by atoms with Crippen LogP contribution in [0.3, 0.4) is 0 Å². The van der Waals surface area contributed by atoms with Crippen molar-refractivity contribution in [2.75, 3.05) is 32.2 Å². The highest BCUT2D eigenvalue weighted by Crippen LogP contribution is 2.24. The molecule has 0 aromatic heterocycles. The normalized spacial score (nSPS) is 12.8. The third kappa shape index (κ3) is 4.76. The van der Waals surface area contributed by atoms with Crippen molar-refractivity contribution in [1.29, 1.82) is 0 Å². The summed E-state index contributed by atoms with van der Waals surface area (Å²) < 4.78 is 19.3. The zero-order valence-electron chi connectivity index (χ0n) is 13.2. The Morgan fingerprint density at radius 1 is 1.30 bits per heavy atom. The van der Waals surface area contributed by atoms with Gasteiger partial charge in [0.2, 0.25) is 0 Å². The zero-order chi connectivity index (χ0) is 15.1. The average molecular weight is 282 g/mol. The minimum absolute atomic E-state index is 0.157. The Morgan fingerprint density at radius 3 is 2.60 bits per heavy atom. The summed E-state index contributed by atoms with van der Waals surface area (Å²) in [5, 5.41) is 3.31. The molecule has 1 aromatic rings. The molecule has 0 saturated carbocycles. The molecule has 0 radical (unpaired) electrons. The topological polar surface area (TPSA) is 24.5 Å². The lowest BCUT2D eigenvalue weighted by Gasteiger charge is -2.29. The van der Waals surface area contributed by atoms with Crippen molar-refractivity contribution in [3.63, 3.8) is 0 Å². The van der Waals surface area contributed by atoms with Crippen LogP contribution in [0, 0.1) is 11.7 Å². The molecule has 1 unspecified atom stereocenters. The Kier molecular flexibility index (Phi) is 6.96. The van der Waals surface area contributed by atoms with E-state index in [1.165, 1.54) is 6.07 Å². The summed E-state index contributed by atoms with van der Waals surface area (Å²) in [5.74, 6) is 0.394. The molecule has 1 N–H and O–H groups in total. The molecule has 0 aliphatic heterocycles. The van der Waals surface area contributed by atoms with Crippen molar-refractivity contribution in [3.05, 3.63) is 29.6 Å². The molecule has 0 amide bonds.